The molecular weight excluding hydrogens is 246 g/mol. The molecule has 0 aliphatic heterocycles. The molecule has 2 rings (SSSR count). The van der Waals surface area contributed by atoms with Crippen molar-refractivity contribution in [3.05, 3.63) is 0 Å². The van der Waals surface area contributed by atoms with Gasteiger partial charge in [0, 0.05) is 12.6 Å². The summed E-state index contributed by atoms with van der Waals surface area (Å²) in [5.74, 6) is 2.57. The van der Waals surface area contributed by atoms with Crippen molar-refractivity contribution in [1.29, 1.82) is 0 Å². The fraction of sp³-hybridized carbons (Fsp3) is 1.00. The van der Waals surface area contributed by atoms with Crippen LogP contribution in [0.4, 0.5) is 0 Å². The highest BCUT2D eigenvalue weighted by Crippen LogP contribution is 2.43. The number of hydrogen-bond donors (Lipinski definition) is 1. The third-order valence-corrected chi connectivity index (χ3v) is 6.12. The second kappa shape index (κ2) is 7.26. The van der Waals surface area contributed by atoms with Crippen LogP contribution in [0.1, 0.15) is 72.1 Å². The molecule has 0 aromatic carbocycles. The van der Waals surface area contributed by atoms with Crippen molar-refractivity contribution in [2.75, 3.05) is 13.7 Å². The van der Waals surface area contributed by atoms with E-state index in [-0.39, 0.29) is 5.60 Å². The van der Waals surface area contributed by atoms with E-state index >= 15 is 0 Å². The molecule has 0 bridgehead atoms. The number of hydrogen-bond acceptors (Lipinski definition) is 2. The molecule has 2 fully saturated rings. The molecule has 4 unspecified atom stereocenters. The molecule has 0 radical (unpaired) electrons. The van der Waals surface area contributed by atoms with Crippen LogP contribution >= 0.6 is 0 Å². The summed E-state index contributed by atoms with van der Waals surface area (Å²) < 4.78 is 6.38. The van der Waals surface area contributed by atoms with Gasteiger partial charge in [0.1, 0.15) is 0 Å². The Labute approximate surface area is 126 Å². The molecule has 0 saturated heterocycles. The van der Waals surface area contributed by atoms with Crippen LogP contribution in [0.5, 0.6) is 0 Å². The zero-order chi connectivity index (χ0) is 14.6. The molecule has 0 aromatic heterocycles. The Morgan fingerprint density at radius 2 is 1.80 bits per heavy atom. The topological polar surface area (TPSA) is 21.3 Å². The Kier molecular flexibility index (Phi) is 5.92. The van der Waals surface area contributed by atoms with Crippen LogP contribution in [-0.4, -0.2) is 25.3 Å². The van der Waals surface area contributed by atoms with Gasteiger partial charge in [-0.25, -0.2) is 0 Å². The van der Waals surface area contributed by atoms with Crippen LogP contribution in [-0.2, 0) is 4.74 Å². The summed E-state index contributed by atoms with van der Waals surface area (Å²) in [7, 11) is 2.16. The summed E-state index contributed by atoms with van der Waals surface area (Å²) in [4.78, 5) is 0. The van der Waals surface area contributed by atoms with Gasteiger partial charge in [-0.05, 0) is 57.4 Å². The lowest BCUT2D eigenvalue weighted by Crippen LogP contribution is -2.57. The van der Waals surface area contributed by atoms with Crippen LogP contribution in [0, 0.1) is 17.8 Å². The fourth-order valence-corrected chi connectivity index (χ4v) is 4.80. The van der Waals surface area contributed by atoms with E-state index in [4.69, 9.17) is 4.74 Å². The van der Waals surface area contributed by atoms with Gasteiger partial charge in [0.15, 0.2) is 0 Å². The minimum absolute atomic E-state index is 0.118. The largest absolute Gasteiger partial charge is 0.374 e. The van der Waals surface area contributed by atoms with Gasteiger partial charge in [-0.3, -0.25) is 0 Å². The van der Waals surface area contributed by atoms with Gasteiger partial charge in [0.25, 0.3) is 0 Å². The van der Waals surface area contributed by atoms with E-state index in [1.807, 2.05) is 0 Å². The number of ether oxygens (including phenoxy) is 1. The van der Waals surface area contributed by atoms with Crippen molar-refractivity contribution in [3.8, 4) is 0 Å². The molecule has 2 heteroatoms. The van der Waals surface area contributed by atoms with E-state index in [2.05, 4.69) is 33.1 Å². The van der Waals surface area contributed by atoms with Crippen LogP contribution in [0.25, 0.3) is 0 Å². The predicted octanol–water partition coefficient (Wildman–Crippen LogP) is 4.39. The predicted molar refractivity (Wildman–Crippen MR) is 86.0 cm³/mol. The third kappa shape index (κ3) is 3.39. The van der Waals surface area contributed by atoms with E-state index in [1.54, 1.807) is 0 Å². The van der Waals surface area contributed by atoms with Crippen LogP contribution in [0.15, 0.2) is 0 Å². The monoisotopic (exact) mass is 281 g/mol. The van der Waals surface area contributed by atoms with Gasteiger partial charge in [-0.15, -0.1) is 0 Å². The maximum absolute atomic E-state index is 6.38. The summed E-state index contributed by atoms with van der Waals surface area (Å²) in [6, 6.07) is 0.553. The Balaban J connectivity index is 2.11. The number of nitrogens with one attached hydrogen (secondary N) is 1. The molecular formula is C18H35NO. The van der Waals surface area contributed by atoms with Gasteiger partial charge in [0.05, 0.1) is 5.60 Å². The molecule has 0 amide bonds. The van der Waals surface area contributed by atoms with Crippen LogP contribution in [0.3, 0.4) is 0 Å². The van der Waals surface area contributed by atoms with Crippen molar-refractivity contribution in [3.63, 3.8) is 0 Å². The quantitative estimate of drug-likeness (QED) is 0.807. The summed E-state index contributed by atoms with van der Waals surface area (Å²) >= 11 is 0. The first-order valence-corrected chi connectivity index (χ1v) is 8.94. The average molecular weight is 281 g/mol. The lowest BCUT2D eigenvalue weighted by atomic mass is 9.66. The SMILES string of the molecule is CCOC1(C(NC)C2CCC(C)C(C)C2)CCCCC1. The summed E-state index contributed by atoms with van der Waals surface area (Å²) in [5.41, 5.74) is 0.118. The van der Waals surface area contributed by atoms with Gasteiger partial charge >= 0.3 is 0 Å². The maximum Gasteiger partial charge on any atom is 0.0837 e. The Morgan fingerprint density at radius 3 is 2.35 bits per heavy atom. The fourth-order valence-electron chi connectivity index (χ4n) is 4.80. The highest BCUT2D eigenvalue weighted by molar-refractivity contribution is 4.99. The minimum atomic E-state index is 0.118. The van der Waals surface area contributed by atoms with Crippen molar-refractivity contribution < 1.29 is 4.74 Å². The lowest BCUT2D eigenvalue weighted by molar-refractivity contribution is -0.107. The normalized spacial score (nSPS) is 35.7. The zero-order valence-corrected chi connectivity index (χ0v) is 14.1. The first-order valence-electron chi connectivity index (χ1n) is 8.94. The smallest absolute Gasteiger partial charge is 0.0837 e. The molecule has 0 spiro atoms. The Bertz CT molecular complexity index is 280. The van der Waals surface area contributed by atoms with E-state index in [9.17, 15) is 0 Å². The highest BCUT2D eigenvalue weighted by atomic mass is 16.5. The van der Waals surface area contributed by atoms with E-state index in [1.165, 1.54) is 51.4 Å². The van der Waals surface area contributed by atoms with Gasteiger partial charge in [-0.2, -0.15) is 0 Å². The van der Waals surface area contributed by atoms with E-state index < -0.39 is 0 Å². The van der Waals surface area contributed by atoms with Crippen molar-refractivity contribution in [2.24, 2.45) is 17.8 Å². The van der Waals surface area contributed by atoms with Gasteiger partial charge < -0.3 is 10.1 Å². The number of rotatable bonds is 5. The summed E-state index contributed by atoms with van der Waals surface area (Å²) in [6.07, 6.45) is 10.7. The summed E-state index contributed by atoms with van der Waals surface area (Å²) in [5, 5.41) is 3.68. The maximum atomic E-state index is 6.38. The standard InChI is InChI=1S/C18H35NO/c1-5-20-18(11-7-6-8-12-18)17(19-4)16-10-9-14(2)15(3)13-16/h14-17,19H,5-13H2,1-4H3. The minimum Gasteiger partial charge on any atom is -0.374 e. The van der Waals surface area contributed by atoms with Crippen molar-refractivity contribution in [1.82, 2.24) is 5.32 Å². The molecule has 20 heavy (non-hydrogen) atoms. The highest BCUT2D eigenvalue weighted by Gasteiger charge is 2.44. The van der Waals surface area contributed by atoms with Gasteiger partial charge in [-0.1, -0.05) is 39.5 Å². The lowest BCUT2D eigenvalue weighted by Gasteiger charge is -2.48. The second-order valence-corrected chi connectivity index (χ2v) is 7.35. The molecule has 4 atom stereocenters. The molecule has 2 aliphatic carbocycles. The molecule has 2 saturated carbocycles. The molecule has 2 nitrogen and oxygen atoms in total. The van der Waals surface area contributed by atoms with E-state index in [0.717, 1.165) is 24.4 Å². The van der Waals surface area contributed by atoms with Crippen LogP contribution < -0.4 is 5.32 Å². The molecule has 2 aliphatic rings. The molecule has 0 heterocycles. The first kappa shape index (κ1) is 16.3. The zero-order valence-electron chi connectivity index (χ0n) is 14.1. The number of likely N-dealkylation sites (N-methyl/N-ethyl adjacent to an activating group) is 1. The van der Waals surface area contributed by atoms with Crippen molar-refractivity contribution >= 4 is 0 Å². The van der Waals surface area contributed by atoms with Gasteiger partial charge in [0.2, 0.25) is 0 Å². The first-order chi connectivity index (χ1) is 9.63. The van der Waals surface area contributed by atoms with Crippen LogP contribution in [0.2, 0.25) is 0 Å². The molecule has 1 N–H and O–H groups in total. The third-order valence-electron chi connectivity index (χ3n) is 6.12. The average Bonchev–Trinajstić information content (AvgIpc) is 2.45. The Morgan fingerprint density at radius 1 is 1.10 bits per heavy atom. The molecule has 118 valence electrons. The second-order valence-electron chi connectivity index (χ2n) is 7.35. The Hall–Kier alpha value is -0.0800. The van der Waals surface area contributed by atoms with E-state index in [0.29, 0.717) is 6.04 Å². The van der Waals surface area contributed by atoms with Crippen molar-refractivity contribution in [2.45, 2.75) is 83.8 Å². The summed E-state index contributed by atoms with van der Waals surface area (Å²) in [6.45, 7) is 7.89. The molecule has 0 aromatic rings.